The summed E-state index contributed by atoms with van der Waals surface area (Å²) in [6.45, 7) is -0.696. The second kappa shape index (κ2) is 6.16. The topological polar surface area (TPSA) is 140 Å². The summed E-state index contributed by atoms with van der Waals surface area (Å²) in [7, 11) is 0. The van der Waals surface area contributed by atoms with Gasteiger partial charge >= 0.3 is 18.1 Å². The minimum absolute atomic E-state index is 0.0730. The molecule has 9 heteroatoms. The van der Waals surface area contributed by atoms with E-state index in [-0.39, 0.29) is 11.8 Å². The van der Waals surface area contributed by atoms with Crippen LogP contribution in [-0.4, -0.2) is 52.2 Å². The second-order valence-corrected chi connectivity index (χ2v) is 6.00. The molecule has 2 aliphatic carbocycles. The molecule has 0 aromatic carbocycles. The minimum atomic E-state index is -1.62. The first-order valence-corrected chi connectivity index (χ1v) is 7.44. The number of hydrogen-bond donors (Lipinski definition) is 3. The molecule has 9 nitrogen and oxygen atoms in total. The molecule has 1 saturated carbocycles. The molecule has 0 radical (unpaired) electrons. The van der Waals surface area contributed by atoms with Gasteiger partial charge in [-0.1, -0.05) is 12.2 Å². The third-order valence-electron chi connectivity index (χ3n) is 4.43. The molecule has 3 aliphatic rings. The van der Waals surface area contributed by atoms with E-state index in [2.05, 4.69) is 14.2 Å². The Hall–Kier alpha value is -2.55. The van der Waals surface area contributed by atoms with Gasteiger partial charge in [-0.15, -0.1) is 0 Å². The van der Waals surface area contributed by atoms with Gasteiger partial charge in [0, 0.05) is 0 Å². The predicted molar refractivity (Wildman–Crippen MR) is 74.5 cm³/mol. The Bertz CT molecular complexity index is 635. The number of cyclic esters (lactones) is 1. The summed E-state index contributed by atoms with van der Waals surface area (Å²) < 4.78 is 13.7. The fourth-order valence-electron chi connectivity index (χ4n) is 3.21. The number of allylic oxidation sites excluding steroid dienone is 2. The summed E-state index contributed by atoms with van der Waals surface area (Å²) in [5.74, 6) is -3.71. The molecule has 130 valence electrons. The SMILES string of the molecule is O=C(OC[C@H](O)[C@H]1OC(=O)C(O)=C1O)OC(=O)C1CC2C=CC1C2. The third-order valence-corrected chi connectivity index (χ3v) is 4.43. The first kappa shape index (κ1) is 16.3. The van der Waals surface area contributed by atoms with Crippen molar-refractivity contribution in [3.8, 4) is 0 Å². The van der Waals surface area contributed by atoms with Crippen LogP contribution in [0.4, 0.5) is 4.79 Å². The fraction of sp³-hybridized carbons (Fsp3) is 0.533. The summed E-state index contributed by atoms with van der Waals surface area (Å²) in [6, 6.07) is 0. The van der Waals surface area contributed by atoms with Crippen LogP contribution in [0.3, 0.4) is 0 Å². The molecule has 3 unspecified atom stereocenters. The Morgan fingerprint density at radius 3 is 2.58 bits per heavy atom. The summed E-state index contributed by atoms with van der Waals surface area (Å²) in [5.41, 5.74) is 0. The van der Waals surface area contributed by atoms with Gasteiger partial charge in [0.15, 0.2) is 11.9 Å². The number of aliphatic hydroxyl groups excluding tert-OH is 3. The highest BCUT2D eigenvalue weighted by molar-refractivity contribution is 5.89. The lowest BCUT2D eigenvalue weighted by atomic mass is 9.94. The number of aliphatic hydroxyl groups is 3. The molecule has 3 N–H and O–H groups in total. The van der Waals surface area contributed by atoms with Crippen molar-refractivity contribution < 1.29 is 43.9 Å². The zero-order valence-corrected chi connectivity index (χ0v) is 12.5. The number of carbonyl (C=O) groups excluding carboxylic acids is 3. The monoisotopic (exact) mass is 340 g/mol. The molecule has 2 bridgehead atoms. The van der Waals surface area contributed by atoms with Crippen molar-refractivity contribution in [2.45, 2.75) is 25.0 Å². The quantitative estimate of drug-likeness (QED) is 0.379. The lowest BCUT2D eigenvalue weighted by molar-refractivity contribution is -0.149. The lowest BCUT2D eigenvalue weighted by Gasteiger charge is -2.18. The van der Waals surface area contributed by atoms with Crippen molar-refractivity contribution in [2.24, 2.45) is 17.8 Å². The zero-order valence-electron chi connectivity index (χ0n) is 12.5. The summed E-state index contributed by atoms with van der Waals surface area (Å²) in [5, 5.41) is 28.2. The molecule has 0 aromatic rings. The molecule has 3 rings (SSSR count). The molecule has 1 aliphatic heterocycles. The van der Waals surface area contributed by atoms with Crippen molar-refractivity contribution in [1.29, 1.82) is 0 Å². The van der Waals surface area contributed by atoms with Crippen LogP contribution < -0.4 is 0 Å². The van der Waals surface area contributed by atoms with Gasteiger partial charge in [0.05, 0.1) is 5.92 Å². The van der Waals surface area contributed by atoms with E-state index in [9.17, 15) is 24.6 Å². The van der Waals surface area contributed by atoms with E-state index in [1.807, 2.05) is 12.2 Å². The van der Waals surface area contributed by atoms with Crippen LogP contribution in [0, 0.1) is 17.8 Å². The third kappa shape index (κ3) is 2.94. The Labute approximate surface area is 136 Å². The minimum Gasteiger partial charge on any atom is -0.505 e. The van der Waals surface area contributed by atoms with E-state index in [4.69, 9.17) is 5.11 Å². The van der Waals surface area contributed by atoms with Crippen molar-refractivity contribution in [2.75, 3.05) is 6.61 Å². The first-order chi connectivity index (χ1) is 11.4. The number of carbonyl (C=O) groups is 3. The normalized spacial score (nSPS) is 32.0. The zero-order chi connectivity index (χ0) is 17.4. The molecular weight excluding hydrogens is 324 g/mol. The standard InChI is InChI=1S/C15H16O9/c16-9(12-10(17)11(18)14(20)23-12)5-22-15(21)24-13(19)8-4-6-1-2-7(8)3-6/h1-2,6-9,12,16-18H,3-5H2/t6?,7?,8?,9-,12+/m0/s1. The van der Waals surface area contributed by atoms with Gasteiger partial charge in [0.25, 0.3) is 0 Å². The Morgan fingerprint density at radius 1 is 1.29 bits per heavy atom. The highest BCUT2D eigenvalue weighted by atomic mass is 16.7. The highest BCUT2D eigenvalue weighted by Crippen LogP contribution is 2.43. The van der Waals surface area contributed by atoms with Crippen LogP contribution in [0.5, 0.6) is 0 Å². The molecule has 1 fully saturated rings. The van der Waals surface area contributed by atoms with E-state index in [0.717, 1.165) is 6.42 Å². The van der Waals surface area contributed by atoms with E-state index in [0.29, 0.717) is 12.3 Å². The van der Waals surface area contributed by atoms with Gasteiger partial charge in [-0.25, -0.2) is 9.59 Å². The van der Waals surface area contributed by atoms with Crippen LogP contribution in [-0.2, 0) is 23.8 Å². The van der Waals surface area contributed by atoms with Crippen LogP contribution in [0.15, 0.2) is 23.7 Å². The average molecular weight is 340 g/mol. The molecule has 0 amide bonds. The molecule has 24 heavy (non-hydrogen) atoms. The molecule has 0 aromatic heterocycles. The largest absolute Gasteiger partial charge is 0.516 e. The van der Waals surface area contributed by atoms with Crippen molar-refractivity contribution in [1.82, 2.24) is 0 Å². The van der Waals surface area contributed by atoms with E-state index in [1.165, 1.54) is 0 Å². The first-order valence-electron chi connectivity index (χ1n) is 7.44. The van der Waals surface area contributed by atoms with Crippen LogP contribution >= 0.6 is 0 Å². The Morgan fingerprint density at radius 2 is 2.04 bits per heavy atom. The maximum atomic E-state index is 11.9. The number of fused-ring (bicyclic) bond motifs is 2. The molecular formula is C15H16O9. The van der Waals surface area contributed by atoms with E-state index >= 15 is 0 Å². The van der Waals surface area contributed by atoms with Gasteiger partial charge < -0.3 is 29.5 Å². The fourth-order valence-corrected chi connectivity index (χ4v) is 3.21. The van der Waals surface area contributed by atoms with Crippen molar-refractivity contribution in [3.05, 3.63) is 23.7 Å². The van der Waals surface area contributed by atoms with Crippen molar-refractivity contribution >= 4 is 18.1 Å². The number of ether oxygens (including phenoxy) is 3. The molecule has 1 heterocycles. The van der Waals surface area contributed by atoms with Crippen LogP contribution in [0.25, 0.3) is 0 Å². The maximum Gasteiger partial charge on any atom is 0.516 e. The summed E-state index contributed by atoms with van der Waals surface area (Å²) in [4.78, 5) is 34.4. The van der Waals surface area contributed by atoms with Gasteiger partial charge in [-0.2, -0.15) is 0 Å². The number of rotatable bonds is 4. The van der Waals surface area contributed by atoms with Gasteiger partial charge in [0.2, 0.25) is 5.76 Å². The summed E-state index contributed by atoms with van der Waals surface area (Å²) >= 11 is 0. The van der Waals surface area contributed by atoms with Crippen molar-refractivity contribution in [3.63, 3.8) is 0 Å². The second-order valence-electron chi connectivity index (χ2n) is 6.00. The lowest BCUT2D eigenvalue weighted by Crippen LogP contribution is -2.34. The Balaban J connectivity index is 1.45. The van der Waals surface area contributed by atoms with Gasteiger partial charge in [0.1, 0.15) is 12.7 Å². The molecule has 5 atom stereocenters. The number of esters is 2. The summed E-state index contributed by atoms with van der Waals surface area (Å²) in [6.07, 6.45) is 1.03. The van der Waals surface area contributed by atoms with Crippen LogP contribution in [0.1, 0.15) is 12.8 Å². The smallest absolute Gasteiger partial charge is 0.505 e. The highest BCUT2D eigenvalue weighted by Gasteiger charge is 2.42. The molecule has 0 spiro atoms. The Kier molecular flexibility index (Phi) is 4.18. The molecule has 0 saturated heterocycles. The number of hydrogen-bond acceptors (Lipinski definition) is 9. The van der Waals surface area contributed by atoms with Gasteiger partial charge in [-0.3, -0.25) is 4.79 Å². The van der Waals surface area contributed by atoms with Gasteiger partial charge in [-0.05, 0) is 24.7 Å². The maximum absolute atomic E-state index is 11.9. The average Bonchev–Trinajstić information content (AvgIpc) is 3.24. The van der Waals surface area contributed by atoms with Crippen LogP contribution in [0.2, 0.25) is 0 Å². The van der Waals surface area contributed by atoms with E-state index in [1.54, 1.807) is 0 Å². The van der Waals surface area contributed by atoms with E-state index < -0.39 is 48.4 Å². The predicted octanol–water partition coefficient (Wildman–Crippen LogP) is 0.492.